The number of hydrogen-bond donors (Lipinski definition) is 1. The van der Waals surface area contributed by atoms with E-state index in [1.807, 2.05) is 43.3 Å². The molecule has 0 aliphatic carbocycles. The molecule has 30 heavy (non-hydrogen) atoms. The number of nitrogens with zero attached hydrogens (tertiary/aromatic N) is 2. The molecule has 0 fully saturated rings. The molecule has 1 aliphatic rings. The number of aryl methyl sites for hydroxylation is 1. The third kappa shape index (κ3) is 6.01. The van der Waals surface area contributed by atoms with Gasteiger partial charge in [0.2, 0.25) is 5.91 Å². The number of amides is 2. The van der Waals surface area contributed by atoms with E-state index in [0.717, 1.165) is 12.8 Å². The van der Waals surface area contributed by atoms with Gasteiger partial charge in [-0.25, -0.2) is 9.80 Å². The normalized spacial score (nSPS) is 14.6. The number of anilines is 1. The molecule has 0 saturated carbocycles. The van der Waals surface area contributed by atoms with Crippen LogP contribution in [-0.4, -0.2) is 36.1 Å². The number of nitrogens with one attached hydrogen (secondary N) is 1. The van der Waals surface area contributed by atoms with Crippen molar-refractivity contribution in [1.29, 1.82) is 0 Å². The van der Waals surface area contributed by atoms with Crippen LogP contribution in [0.4, 0.5) is 5.69 Å². The predicted molar refractivity (Wildman–Crippen MR) is 114 cm³/mol. The first kappa shape index (κ1) is 21.2. The van der Waals surface area contributed by atoms with Crippen LogP contribution < -0.4 is 10.3 Å². The number of ether oxygens (including phenoxy) is 1. The van der Waals surface area contributed by atoms with Crippen LogP contribution in [-0.2, 0) is 25.5 Å². The van der Waals surface area contributed by atoms with Crippen LogP contribution in [0.3, 0.4) is 0 Å². The standard InChI is InChI=1S/C23H25N3O4/c1-17(12-13-18-8-4-2-5-9-18)24-21(27)16-30-23(29)20-14-15-22(28)26(25-20)19-10-6-3-7-11-19/h2-11,17H,12-16H2,1H3,(H,24,27)/t17-/m0/s1. The van der Waals surface area contributed by atoms with Gasteiger partial charge in [-0.05, 0) is 37.5 Å². The Labute approximate surface area is 175 Å². The van der Waals surface area contributed by atoms with E-state index in [1.165, 1.54) is 10.6 Å². The molecule has 2 aromatic rings. The summed E-state index contributed by atoms with van der Waals surface area (Å²) >= 11 is 0. The monoisotopic (exact) mass is 407 g/mol. The molecule has 1 N–H and O–H groups in total. The molecule has 2 aromatic carbocycles. The zero-order valence-corrected chi connectivity index (χ0v) is 16.9. The summed E-state index contributed by atoms with van der Waals surface area (Å²) in [6.45, 7) is 1.53. The smallest absolute Gasteiger partial charge is 0.355 e. The zero-order valence-electron chi connectivity index (χ0n) is 16.9. The first-order chi connectivity index (χ1) is 14.5. The van der Waals surface area contributed by atoms with Crippen molar-refractivity contribution in [2.75, 3.05) is 11.6 Å². The summed E-state index contributed by atoms with van der Waals surface area (Å²) in [5.74, 6) is -1.24. The predicted octanol–water partition coefficient (Wildman–Crippen LogP) is 2.85. The Morgan fingerprint density at radius 1 is 1.07 bits per heavy atom. The lowest BCUT2D eigenvalue weighted by atomic mass is 10.1. The van der Waals surface area contributed by atoms with Crippen molar-refractivity contribution in [2.24, 2.45) is 5.10 Å². The highest BCUT2D eigenvalue weighted by Gasteiger charge is 2.26. The van der Waals surface area contributed by atoms with Crippen LogP contribution in [0.15, 0.2) is 65.8 Å². The highest BCUT2D eigenvalue weighted by molar-refractivity contribution is 6.38. The third-order valence-corrected chi connectivity index (χ3v) is 4.72. The fourth-order valence-corrected chi connectivity index (χ4v) is 3.10. The van der Waals surface area contributed by atoms with Gasteiger partial charge in [0.25, 0.3) is 5.91 Å². The summed E-state index contributed by atoms with van der Waals surface area (Å²) in [4.78, 5) is 36.5. The molecular weight excluding hydrogens is 382 g/mol. The van der Waals surface area contributed by atoms with Gasteiger partial charge in [0.1, 0.15) is 5.71 Å². The van der Waals surface area contributed by atoms with Crippen molar-refractivity contribution in [2.45, 2.75) is 38.6 Å². The number of esters is 1. The van der Waals surface area contributed by atoms with Gasteiger partial charge in [-0.2, -0.15) is 5.10 Å². The topological polar surface area (TPSA) is 88.1 Å². The Kier molecular flexibility index (Phi) is 7.32. The Bertz CT molecular complexity index is 913. The van der Waals surface area contributed by atoms with Crippen LogP contribution in [0.1, 0.15) is 31.7 Å². The van der Waals surface area contributed by atoms with Gasteiger partial charge in [-0.1, -0.05) is 48.5 Å². The summed E-state index contributed by atoms with van der Waals surface area (Å²) < 4.78 is 5.11. The van der Waals surface area contributed by atoms with Gasteiger partial charge in [-0.15, -0.1) is 0 Å². The fraction of sp³-hybridized carbons (Fsp3) is 0.304. The van der Waals surface area contributed by atoms with Crippen molar-refractivity contribution < 1.29 is 19.1 Å². The Morgan fingerprint density at radius 2 is 1.73 bits per heavy atom. The molecule has 7 heteroatoms. The number of hydrazone groups is 1. The quantitative estimate of drug-likeness (QED) is 0.682. The summed E-state index contributed by atoms with van der Waals surface area (Å²) in [5.41, 5.74) is 1.92. The largest absolute Gasteiger partial charge is 0.451 e. The zero-order chi connectivity index (χ0) is 21.3. The molecule has 0 radical (unpaired) electrons. The Hall–Kier alpha value is -3.48. The molecule has 0 spiro atoms. The molecule has 2 amide bonds. The van der Waals surface area contributed by atoms with E-state index in [-0.39, 0.29) is 43.0 Å². The van der Waals surface area contributed by atoms with Crippen LogP contribution in [0.5, 0.6) is 0 Å². The second kappa shape index (κ2) is 10.3. The minimum absolute atomic E-state index is 0.0466. The number of benzene rings is 2. The maximum absolute atomic E-state index is 12.3. The number of rotatable bonds is 8. The molecule has 1 atom stereocenters. The second-order valence-corrected chi connectivity index (χ2v) is 7.16. The molecule has 1 aliphatic heterocycles. The summed E-state index contributed by atoms with van der Waals surface area (Å²) in [6, 6.07) is 18.9. The van der Waals surface area contributed by atoms with Crippen molar-refractivity contribution >= 4 is 29.2 Å². The average Bonchev–Trinajstić information content (AvgIpc) is 2.77. The van der Waals surface area contributed by atoms with Crippen molar-refractivity contribution in [3.63, 3.8) is 0 Å². The van der Waals surface area contributed by atoms with Gasteiger partial charge in [0.15, 0.2) is 6.61 Å². The summed E-state index contributed by atoms with van der Waals surface area (Å²) in [6.07, 6.45) is 1.98. The van der Waals surface area contributed by atoms with E-state index in [2.05, 4.69) is 10.4 Å². The lowest BCUT2D eigenvalue weighted by Crippen LogP contribution is -2.38. The van der Waals surface area contributed by atoms with E-state index in [9.17, 15) is 14.4 Å². The molecule has 0 unspecified atom stereocenters. The van der Waals surface area contributed by atoms with E-state index in [1.54, 1.807) is 24.3 Å². The molecular formula is C23H25N3O4. The maximum atomic E-state index is 12.3. The second-order valence-electron chi connectivity index (χ2n) is 7.16. The highest BCUT2D eigenvalue weighted by Crippen LogP contribution is 2.20. The first-order valence-electron chi connectivity index (χ1n) is 9.99. The SMILES string of the molecule is C[C@@H](CCc1ccccc1)NC(=O)COC(=O)C1=NN(c2ccccc2)C(=O)CC1. The summed E-state index contributed by atoms with van der Waals surface area (Å²) in [7, 11) is 0. The van der Waals surface area contributed by atoms with Crippen LogP contribution in [0.2, 0.25) is 0 Å². The van der Waals surface area contributed by atoms with Gasteiger partial charge in [0.05, 0.1) is 5.69 Å². The van der Waals surface area contributed by atoms with Crippen molar-refractivity contribution in [1.82, 2.24) is 5.32 Å². The van der Waals surface area contributed by atoms with E-state index in [4.69, 9.17) is 4.74 Å². The number of carbonyl (C=O) groups excluding carboxylic acids is 3. The maximum Gasteiger partial charge on any atom is 0.355 e. The molecule has 1 heterocycles. The molecule has 0 bridgehead atoms. The highest BCUT2D eigenvalue weighted by atomic mass is 16.5. The molecule has 7 nitrogen and oxygen atoms in total. The lowest BCUT2D eigenvalue weighted by molar-refractivity contribution is -0.142. The van der Waals surface area contributed by atoms with Crippen LogP contribution >= 0.6 is 0 Å². The number of hydrogen-bond acceptors (Lipinski definition) is 5. The Balaban J connectivity index is 1.47. The average molecular weight is 407 g/mol. The van der Waals surface area contributed by atoms with Crippen LogP contribution in [0, 0.1) is 0 Å². The Morgan fingerprint density at radius 3 is 2.43 bits per heavy atom. The van der Waals surface area contributed by atoms with Crippen molar-refractivity contribution in [3.8, 4) is 0 Å². The molecule has 0 aromatic heterocycles. The minimum Gasteiger partial charge on any atom is -0.451 e. The van der Waals surface area contributed by atoms with Gasteiger partial charge in [-0.3, -0.25) is 9.59 Å². The first-order valence-corrected chi connectivity index (χ1v) is 9.99. The van der Waals surface area contributed by atoms with Gasteiger partial charge >= 0.3 is 5.97 Å². The lowest BCUT2D eigenvalue weighted by Gasteiger charge is -2.22. The van der Waals surface area contributed by atoms with Gasteiger partial charge in [0, 0.05) is 18.9 Å². The number of carbonyl (C=O) groups is 3. The number of para-hydroxylation sites is 1. The van der Waals surface area contributed by atoms with Crippen LogP contribution in [0.25, 0.3) is 0 Å². The summed E-state index contributed by atoms with van der Waals surface area (Å²) in [5, 5.41) is 8.16. The third-order valence-electron chi connectivity index (χ3n) is 4.72. The van der Waals surface area contributed by atoms with E-state index in [0.29, 0.717) is 5.69 Å². The van der Waals surface area contributed by atoms with Crippen molar-refractivity contribution in [3.05, 3.63) is 66.2 Å². The van der Waals surface area contributed by atoms with Gasteiger partial charge < -0.3 is 10.1 Å². The van der Waals surface area contributed by atoms with E-state index < -0.39 is 5.97 Å². The molecule has 156 valence electrons. The molecule has 0 saturated heterocycles. The molecule has 3 rings (SSSR count). The minimum atomic E-state index is -0.685. The fourth-order valence-electron chi connectivity index (χ4n) is 3.10. The van der Waals surface area contributed by atoms with E-state index >= 15 is 0 Å².